The van der Waals surface area contributed by atoms with Gasteiger partial charge >= 0.3 is 6.09 Å². The van der Waals surface area contributed by atoms with Gasteiger partial charge in [0.2, 0.25) is 0 Å². The monoisotopic (exact) mass is 354 g/mol. The number of anilines is 1. The zero-order valence-corrected chi connectivity index (χ0v) is 13.3. The van der Waals surface area contributed by atoms with E-state index in [4.69, 9.17) is 15.6 Å². The molecule has 2 aliphatic heterocycles. The van der Waals surface area contributed by atoms with Crippen LogP contribution in [0.2, 0.25) is 0 Å². The lowest BCUT2D eigenvalue weighted by molar-refractivity contribution is -0.121. The molecule has 1 aromatic carbocycles. The van der Waals surface area contributed by atoms with Gasteiger partial charge in [0.25, 0.3) is 5.91 Å². The van der Waals surface area contributed by atoms with Crippen LogP contribution in [0.25, 0.3) is 0 Å². The van der Waals surface area contributed by atoms with Gasteiger partial charge in [0.05, 0.1) is 18.8 Å². The summed E-state index contributed by atoms with van der Waals surface area (Å²) in [6, 6.07) is 4.22. The summed E-state index contributed by atoms with van der Waals surface area (Å²) in [7, 11) is 0. The molecule has 128 valence electrons. The summed E-state index contributed by atoms with van der Waals surface area (Å²) < 4.78 is 19.5. The normalized spacial score (nSPS) is 23.8. The van der Waals surface area contributed by atoms with E-state index < -0.39 is 29.2 Å². The van der Waals surface area contributed by atoms with E-state index >= 15 is 0 Å². The molecule has 1 aromatic rings. The van der Waals surface area contributed by atoms with Crippen LogP contribution in [0.3, 0.4) is 0 Å². The van der Waals surface area contributed by atoms with Gasteiger partial charge in [-0.15, -0.1) is 0 Å². The maximum atomic E-state index is 14.4. The molecule has 0 radical (unpaired) electrons. The molecule has 0 spiro atoms. The molecule has 2 amide bonds. The summed E-state index contributed by atoms with van der Waals surface area (Å²) in [5.74, 6) is -1.04. The molecule has 10 heteroatoms. The van der Waals surface area contributed by atoms with Crippen LogP contribution in [0.15, 0.2) is 23.3 Å². The molecule has 0 aliphatic carbocycles. The Balaban J connectivity index is 1.83. The number of thioether (sulfide) groups is 1. The second-order valence-electron chi connectivity index (χ2n) is 5.20. The van der Waals surface area contributed by atoms with Crippen molar-refractivity contribution in [1.29, 1.82) is 0 Å². The summed E-state index contributed by atoms with van der Waals surface area (Å²) in [6.07, 6.45) is -0.992. The van der Waals surface area contributed by atoms with Gasteiger partial charge in [-0.2, -0.15) is 5.10 Å². The van der Waals surface area contributed by atoms with Gasteiger partial charge in [-0.3, -0.25) is 9.69 Å². The molecule has 2 unspecified atom stereocenters. The number of rotatable bonds is 4. The number of hydrogen-bond donors (Lipinski definition) is 3. The van der Waals surface area contributed by atoms with Crippen LogP contribution in [0.4, 0.5) is 14.9 Å². The SMILES string of the molecule is NCC1CN(c2ccc(C3=NNC(=O)C(CO)S3)c(F)c2)C(=O)O1. The van der Waals surface area contributed by atoms with Crippen LogP contribution in [0.1, 0.15) is 5.56 Å². The van der Waals surface area contributed by atoms with Gasteiger partial charge in [0.15, 0.2) is 0 Å². The Bertz CT molecular complexity index is 714. The Morgan fingerprint density at radius 2 is 2.29 bits per heavy atom. The highest BCUT2D eigenvalue weighted by molar-refractivity contribution is 8.15. The number of carbonyl (C=O) groups is 2. The second kappa shape index (κ2) is 6.75. The zero-order valence-electron chi connectivity index (χ0n) is 12.4. The molecule has 1 fully saturated rings. The summed E-state index contributed by atoms with van der Waals surface area (Å²) in [6.45, 7) is 0.0697. The molecule has 0 aromatic heterocycles. The standard InChI is InChI=1S/C14H15FN4O4S/c15-10-3-7(19-5-8(4-16)23-14(19)22)1-2-9(10)13-18-17-12(21)11(6-20)24-13/h1-3,8,11,20H,4-6,16H2,(H,17,21). The summed E-state index contributed by atoms with van der Waals surface area (Å²) in [5.41, 5.74) is 8.25. The fourth-order valence-electron chi connectivity index (χ4n) is 2.34. The van der Waals surface area contributed by atoms with Crippen molar-refractivity contribution >= 4 is 34.5 Å². The molecule has 8 nitrogen and oxygen atoms in total. The van der Waals surface area contributed by atoms with Gasteiger partial charge in [-0.1, -0.05) is 11.8 Å². The number of nitrogens with one attached hydrogen (secondary N) is 1. The van der Waals surface area contributed by atoms with E-state index in [1.807, 2.05) is 0 Å². The number of aliphatic hydroxyl groups excluding tert-OH is 1. The number of benzene rings is 1. The smallest absolute Gasteiger partial charge is 0.414 e. The van der Waals surface area contributed by atoms with Gasteiger partial charge in [-0.25, -0.2) is 14.6 Å². The number of aliphatic hydroxyl groups is 1. The molecular weight excluding hydrogens is 339 g/mol. The van der Waals surface area contributed by atoms with Crippen molar-refractivity contribution in [2.45, 2.75) is 11.4 Å². The molecule has 4 N–H and O–H groups in total. The van der Waals surface area contributed by atoms with Crippen molar-refractivity contribution in [3.63, 3.8) is 0 Å². The Morgan fingerprint density at radius 3 is 2.92 bits per heavy atom. The van der Waals surface area contributed by atoms with Gasteiger partial charge < -0.3 is 15.6 Å². The molecule has 3 rings (SSSR count). The van der Waals surface area contributed by atoms with E-state index in [0.29, 0.717) is 5.69 Å². The number of hydrogen-bond acceptors (Lipinski definition) is 7. The number of carbonyl (C=O) groups excluding carboxylic acids is 2. The largest absolute Gasteiger partial charge is 0.443 e. The summed E-state index contributed by atoms with van der Waals surface area (Å²) in [4.78, 5) is 24.5. The van der Waals surface area contributed by atoms with Crippen LogP contribution in [0, 0.1) is 5.82 Å². The summed E-state index contributed by atoms with van der Waals surface area (Å²) in [5, 5.41) is 12.5. The van der Waals surface area contributed by atoms with E-state index in [9.17, 15) is 14.0 Å². The lowest BCUT2D eigenvalue weighted by Gasteiger charge is -2.20. The predicted molar refractivity (Wildman–Crippen MR) is 86.2 cm³/mol. The first kappa shape index (κ1) is 16.7. The number of cyclic esters (lactones) is 1. The molecule has 2 heterocycles. The third kappa shape index (κ3) is 3.07. The van der Waals surface area contributed by atoms with E-state index in [1.165, 1.54) is 17.0 Å². The van der Waals surface area contributed by atoms with Crippen LogP contribution >= 0.6 is 11.8 Å². The minimum atomic E-state index is -0.740. The Kier molecular flexibility index (Phi) is 4.69. The molecular formula is C14H15FN4O4S. The number of nitrogens with two attached hydrogens (primary N) is 1. The molecule has 0 saturated carbocycles. The van der Waals surface area contributed by atoms with Crippen molar-refractivity contribution < 1.29 is 23.8 Å². The first-order chi connectivity index (χ1) is 11.5. The van der Waals surface area contributed by atoms with Crippen molar-refractivity contribution in [2.24, 2.45) is 10.8 Å². The maximum absolute atomic E-state index is 14.4. The zero-order chi connectivity index (χ0) is 17.3. The summed E-state index contributed by atoms with van der Waals surface area (Å²) >= 11 is 0.976. The van der Waals surface area contributed by atoms with Crippen LogP contribution in [-0.2, 0) is 9.53 Å². The predicted octanol–water partition coefficient (Wildman–Crippen LogP) is -0.00490. The molecule has 2 atom stereocenters. The minimum Gasteiger partial charge on any atom is -0.443 e. The van der Waals surface area contributed by atoms with Crippen LogP contribution in [0.5, 0.6) is 0 Å². The third-order valence-corrected chi connectivity index (χ3v) is 4.79. The van der Waals surface area contributed by atoms with Crippen LogP contribution in [-0.4, -0.2) is 53.2 Å². The number of amides is 2. The van der Waals surface area contributed by atoms with E-state index in [2.05, 4.69) is 10.5 Å². The highest BCUT2D eigenvalue weighted by Gasteiger charge is 2.32. The van der Waals surface area contributed by atoms with Crippen molar-refractivity contribution in [3.05, 3.63) is 29.6 Å². The van der Waals surface area contributed by atoms with Crippen molar-refractivity contribution in [2.75, 3.05) is 24.6 Å². The van der Waals surface area contributed by atoms with Crippen molar-refractivity contribution in [1.82, 2.24) is 5.43 Å². The van der Waals surface area contributed by atoms with Gasteiger partial charge in [-0.05, 0) is 18.2 Å². The highest BCUT2D eigenvalue weighted by atomic mass is 32.2. The second-order valence-corrected chi connectivity index (χ2v) is 6.39. The van der Waals surface area contributed by atoms with Gasteiger partial charge in [0, 0.05) is 12.1 Å². The fraction of sp³-hybridized carbons (Fsp3) is 0.357. The number of nitrogens with zero attached hydrogens (tertiary/aromatic N) is 2. The lowest BCUT2D eigenvalue weighted by atomic mass is 10.2. The minimum absolute atomic E-state index is 0.171. The average Bonchev–Trinajstić information content (AvgIpc) is 2.96. The topological polar surface area (TPSA) is 117 Å². The number of ether oxygens (including phenoxy) is 1. The van der Waals surface area contributed by atoms with E-state index in [1.54, 1.807) is 6.07 Å². The Morgan fingerprint density at radius 1 is 1.50 bits per heavy atom. The fourth-order valence-corrected chi connectivity index (χ4v) is 3.23. The van der Waals surface area contributed by atoms with Crippen molar-refractivity contribution in [3.8, 4) is 0 Å². The molecule has 0 bridgehead atoms. The number of hydrazone groups is 1. The lowest BCUT2D eigenvalue weighted by Crippen LogP contribution is -2.37. The Hall–Kier alpha value is -2.17. The molecule has 24 heavy (non-hydrogen) atoms. The van der Waals surface area contributed by atoms with E-state index in [-0.39, 0.29) is 30.3 Å². The third-order valence-electron chi connectivity index (χ3n) is 3.61. The first-order valence-corrected chi connectivity index (χ1v) is 8.04. The maximum Gasteiger partial charge on any atom is 0.414 e. The quantitative estimate of drug-likeness (QED) is 0.700. The molecule has 2 aliphatic rings. The number of halogens is 1. The van der Waals surface area contributed by atoms with Gasteiger partial charge in [0.1, 0.15) is 22.2 Å². The highest BCUT2D eigenvalue weighted by Crippen LogP contribution is 2.28. The van der Waals surface area contributed by atoms with E-state index in [0.717, 1.165) is 11.8 Å². The Labute approximate surface area is 140 Å². The average molecular weight is 354 g/mol. The first-order valence-electron chi connectivity index (χ1n) is 7.16. The molecule has 1 saturated heterocycles. The van der Waals surface area contributed by atoms with Crippen LogP contribution < -0.4 is 16.1 Å².